The fraction of sp³-hybridized carbons (Fsp3) is 0.235. The standard InChI is InChI=1S/C17H17ClN4O2/c1-3-14-13(9-19-15-8-16(23)21-22(14)15)17(24)20-10(2)11-5-4-6-12(18)7-11/h4-10H,3H2,1-2H3,(H,20,24)(H,21,23)/t10-/m1/s1. The predicted octanol–water partition coefficient (Wildman–Crippen LogP) is 2.73. The van der Waals surface area contributed by atoms with Crippen LogP contribution in [0.1, 0.15) is 41.5 Å². The Labute approximate surface area is 143 Å². The average Bonchev–Trinajstić information content (AvgIpc) is 2.93. The molecule has 7 heteroatoms. The van der Waals surface area contributed by atoms with Crippen molar-refractivity contribution in [1.29, 1.82) is 0 Å². The zero-order valence-corrected chi connectivity index (χ0v) is 14.1. The number of aromatic nitrogens is 3. The molecule has 0 fully saturated rings. The van der Waals surface area contributed by atoms with Crippen molar-refractivity contribution in [3.05, 3.63) is 68.7 Å². The smallest absolute Gasteiger partial charge is 0.266 e. The highest BCUT2D eigenvalue weighted by molar-refractivity contribution is 6.30. The number of amides is 1. The van der Waals surface area contributed by atoms with Crippen LogP contribution in [0.25, 0.3) is 5.65 Å². The lowest BCUT2D eigenvalue weighted by molar-refractivity contribution is 0.0938. The van der Waals surface area contributed by atoms with Gasteiger partial charge >= 0.3 is 0 Å². The molecule has 3 rings (SSSR count). The van der Waals surface area contributed by atoms with E-state index in [4.69, 9.17) is 11.6 Å². The molecule has 6 nitrogen and oxygen atoms in total. The molecule has 2 aromatic heterocycles. The number of nitrogens with one attached hydrogen (secondary N) is 2. The van der Waals surface area contributed by atoms with Gasteiger partial charge in [-0.05, 0) is 31.0 Å². The number of H-pyrrole nitrogens is 1. The molecule has 0 radical (unpaired) electrons. The highest BCUT2D eigenvalue weighted by atomic mass is 35.5. The summed E-state index contributed by atoms with van der Waals surface area (Å²) in [5.74, 6) is -0.247. The number of fused-ring (bicyclic) bond motifs is 1. The van der Waals surface area contributed by atoms with Crippen LogP contribution in [0.15, 0.2) is 41.3 Å². The van der Waals surface area contributed by atoms with E-state index >= 15 is 0 Å². The fourth-order valence-corrected chi connectivity index (χ4v) is 2.88. The van der Waals surface area contributed by atoms with Gasteiger partial charge in [0.05, 0.1) is 17.3 Å². The topological polar surface area (TPSA) is 79.3 Å². The molecule has 1 amide bonds. The summed E-state index contributed by atoms with van der Waals surface area (Å²) < 4.78 is 1.56. The van der Waals surface area contributed by atoms with Gasteiger partial charge in [-0.25, -0.2) is 9.50 Å². The third kappa shape index (κ3) is 3.05. The van der Waals surface area contributed by atoms with E-state index in [-0.39, 0.29) is 17.5 Å². The number of benzene rings is 1. The van der Waals surface area contributed by atoms with Gasteiger partial charge in [0.1, 0.15) is 0 Å². The maximum Gasteiger partial charge on any atom is 0.266 e. The van der Waals surface area contributed by atoms with Crippen molar-refractivity contribution in [2.24, 2.45) is 0 Å². The number of hydrogen-bond acceptors (Lipinski definition) is 3. The molecular weight excluding hydrogens is 328 g/mol. The van der Waals surface area contributed by atoms with Crippen LogP contribution in [0.2, 0.25) is 5.02 Å². The molecule has 2 N–H and O–H groups in total. The van der Waals surface area contributed by atoms with Gasteiger partial charge in [-0.15, -0.1) is 0 Å². The minimum atomic E-state index is -0.248. The van der Waals surface area contributed by atoms with Crippen LogP contribution in [0, 0.1) is 0 Å². The second-order valence-electron chi connectivity index (χ2n) is 5.54. The predicted molar refractivity (Wildman–Crippen MR) is 92.5 cm³/mol. The second kappa shape index (κ2) is 6.49. The SMILES string of the molecule is CCc1c(C(=O)N[C@H](C)c2cccc(Cl)c2)cnc2cc(=O)[nH]n12. The summed E-state index contributed by atoms with van der Waals surface area (Å²) in [6.07, 6.45) is 2.08. The summed E-state index contributed by atoms with van der Waals surface area (Å²) in [4.78, 5) is 28.3. The van der Waals surface area contributed by atoms with Crippen molar-refractivity contribution in [3.8, 4) is 0 Å². The van der Waals surface area contributed by atoms with E-state index in [0.29, 0.717) is 28.3 Å². The summed E-state index contributed by atoms with van der Waals surface area (Å²) in [6.45, 7) is 3.81. The largest absolute Gasteiger partial charge is 0.345 e. The lowest BCUT2D eigenvalue weighted by Crippen LogP contribution is -2.28. The summed E-state index contributed by atoms with van der Waals surface area (Å²) in [6, 6.07) is 8.54. The highest BCUT2D eigenvalue weighted by Crippen LogP contribution is 2.18. The minimum Gasteiger partial charge on any atom is -0.345 e. The zero-order valence-electron chi connectivity index (χ0n) is 13.3. The van der Waals surface area contributed by atoms with Crippen LogP contribution >= 0.6 is 11.6 Å². The Hall–Kier alpha value is -2.60. The number of halogens is 1. The number of nitrogens with zero attached hydrogens (tertiary/aromatic N) is 2. The van der Waals surface area contributed by atoms with Gasteiger partial charge < -0.3 is 5.32 Å². The molecule has 0 aliphatic heterocycles. The molecule has 0 saturated carbocycles. The molecule has 0 aliphatic rings. The Bertz CT molecular complexity index is 961. The first-order valence-electron chi connectivity index (χ1n) is 7.65. The first kappa shape index (κ1) is 16.3. The molecule has 0 spiro atoms. The van der Waals surface area contributed by atoms with E-state index in [1.807, 2.05) is 32.0 Å². The molecule has 0 saturated heterocycles. The Morgan fingerprint density at radius 3 is 2.92 bits per heavy atom. The number of rotatable bonds is 4. The van der Waals surface area contributed by atoms with Gasteiger partial charge in [-0.1, -0.05) is 30.7 Å². The number of hydrogen-bond donors (Lipinski definition) is 2. The Kier molecular flexibility index (Phi) is 4.40. The number of aryl methyl sites for hydroxylation is 1. The second-order valence-corrected chi connectivity index (χ2v) is 5.97. The molecule has 1 atom stereocenters. The van der Waals surface area contributed by atoms with Crippen molar-refractivity contribution < 1.29 is 4.79 Å². The van der Waals surface area contributed by atoms with Crippen LogP contribution in [0.4, 0.5) is 0 Å². The van der Waals surface area contributed by atoms with Gasteiger partial charge in [0, 0.05) is 17.3 Å². The first-order valence-corrected chi connectivity index (χ1v) is 8.03. The van der Waals surface area contributed by atoms with Crippen molar-refractivity contribution >= 4 is 23.2 Å². The summed E-state index contributed by atoms with van der Waals surface area (Å²) >= 11 is 6.00. The summed E-state index contributed by atoms with van der Waals surface area (Å²) in [7, 11) is 0. The normalized spacial score (nSPS) is 12.3. The third-order valence-corrected chi connectivity index (χ3v) is 4.13. The molecule has 124 valence electrons. The summed E-state index contributed by atoms with van der Waals surface area (Å²) in [5, 5.41) is 6.23. The lowest BCUT2D eigenvalue weighted by Gasteiger charge is -2.16. The van der Waals surface area contributed by atoms with E-state index in [1.165, 1.54) is 12.3 Å². The first-order chi connectivity index (χ1) is 11.5. The maximum absolute atomic E-state index is 12.7. The fourth-order valence-electron chi connectivity index (χ4n) is 2.68. The van der Waals surface area contributed by atoms with Crippen molar-refractivity contribution in [1.82, 2.24) is 19.9 Å². The van der Waals surface area contributed by atoms with Gasteiger partial charge in [0.2, 0.25) is 0 Å². The quantitative estimate of drug-likeness (QED) is 0.763. The van der Waals surface area contributed by atoms with Gasteiger partial charge in [0.15, 0.2) is 5.65 Å². The van der Waals surface area contributed by atoms with E-state index in [1.54, 1.807) is 10.6 Å². The molecular formula is C17H17ClN4O2. The van der Waals surface area contributed by atoms with Gasteiger partial charge in [-0.2, -0.15) is 0 Å². The molecule has 3 aromatic rings. The van der Waals surface area contributed by atoms with Crippen molar-refractivity contribution in [2.75, 3.05) is 0 Å². The number of carbonyl (C=O) groups is 1. The van der Waals surface area contributed by atoms with E-state index < -0.39 is 0 Å². The van der Waals surface area contributed by atoms with E-state index in [0.717, 1.165) is 5.56 Å². The van der Waals surface area contributed by atoms with Crippen LogP contribution in [-0.2, 0) is 6.42 Å². The molecule has 24 heavy (non-hydrogen) atoms. The molecule has 2 heterocycles. The Morgan fingerprint density at radius 2 is 2.21 bits per heavy atom. The van der Waals surface area contributed by atoms with E-state index in [2.05, 4.69) is 15.4 Å². The monoisotopic (exact) mass is 344 g/mol. The van der Waals surface area contributed by atoms with Crippen LogP contribution < -0.4 is 10.9 Å². The average molecular weight is 345 g/mol. The minimum absolute atomic E-state index is 0.208. The van der Waals surface area contributed by atoms with Crippen molar-refractivity contribution in [2.45, 2.75) is 26.3 Å². The lowest BCUT2D eigenvalue weighted by atomic mass is 10.1. The molecule has 0 unspecified atom stereocenters. The maximum atomic E-state index is 12.7. The third-order valence-electron chi connectivity index (χ3n) is 3.89. The van der Waals surface area contributed by atoms with Crippen LogP contribution in [-0.4, -0.2) is 20.5 Å². The molecule has 1 aromatic carbocycles. The number of carbonyl (C=O) groups excluding carboxylic acids is 1. The number of aromatic amines is 1. The van der Waals surface area contributed by atoms with Crippen molar-refractivity contribution in [3.63, 3.8) is 0 Å². The molecule has 0 bridgehead atoms. The van der Waals surface area contributed by atoms with Gasteiger partial charge in [0.25, 0.3) is 11.5 Å². The van der Waals surface area contributed by atoms with Gasteiger partial charge in [-0.3, -0.25) is 14.7 Å². The summed E-state index contributed by atoms with van der Waals surface area (Å²) in [5.41, 5.74) is 2.30. The zero-order chi connectivity index (χ0) is 17.3. The van der Waals surface area contributed by atoms with Crippen LogP contribution in [0.3, 0.4) is 0 Å². The van der Waals surface area contributed by atoms with E-state index in [9.17, 15) is 9.59 Å². The van der Waals surface area contributed by atoms with Crippen LogP contribution in [0.5, 0.6) is 0 Å². The Balaban J connectivity index is 1.92. The molecule has 0 aliphatic carbocycles. The highest BCUT2D eigenvalue weighted by Gasteiger charge is 2.17. The Morgan fingerprint density at radius 1 is 1.42 bits per heavy atom.